The van der Waals surface area contributed by atoms with E-state index in [-0.39, 0.29) is 17.9 Å². The van der Waals surface area contributed by atoms with Crippen molar-refractivity contribution < 1.29 is 14.6 Å². The molecule has 1 N–H and O–H groups in total. The highest BCUT2D eigenvalue weighted by atomic mass is 35.5. The van der Waals surface area contributed by atoms with Gasteiger partial charge in [-0.3, -0.25) is 4.68 Å². The summed E-state index contributed by atoms with van der Waals surface area (Å²) in [5.74, 6) is -1.03. The molecule has 7 heteroatoms. The van der Waals surface area contributed by atoms with Crippen LogP contribution in [0.15, 0.2) is 67.0 Å². The van der Waals surface area contributed by atoms with Gasteiger partial charge in [-0.2, -0.15) is 5.10 Å². The van der Waals surface area contributed by atoms with Crippen LogP contribution >= 0.6 is 11.6 Å². The van der Waals surface area contributed by atoms with Gasteiger partial charge in [0.2, 0.25) is 0 Å². The molecule has 33 heavy (non-hydrogen) atoms. The number of fused-ring (bicyclic) bond motifs is 3. The smallest absolute Gasteiger partial charge is 0.356 e. The molecule has 0 unspecified atom stereocenters. The molecule has 4 aromatic rings. The van der Waals surface area contributed by atoms with Gasteiger partial charge < -0.3 is 14.4 Å². The number of nitrogens with zero attached hydrogens (tertiary/aromatic N) is 3. The van der Waals surface area contributed by atoms with E-state index < -0.39 is 5.97 Å². The molecule has 0 saturated carbocycles. The zero-order chi connectivity index (χ0) is 23.1. The number of halogens is 1. The zero-order valence-corrected chi connectivity index (χ0v) is 19.2. The molecule has 6 nitrogen and oxygen atoms in total. The minimum absolute atomic E-state index is 0.0375. The first-order chi connectivity index (χ1) is 15.9. The van der Waals surface area contributed by atoms with Crippen LogP contribution in [0.1, 0.15) is 57.1 Å². The molecule has 2 atom stereocenters. The molecule has 0 spiro atoms. The van der Waals surface area contributed by atoms with Crippen molar-refractivity contribution in [3.05, 3.63) is 106 Å². The standard InChI is InChI=1S/C26H24ClN3O3/c1-16-5-3-6-19(17(16)2)25-20-15-18(27)8-9-22(20)30-12-4-7-23(30)24(33-25)11-14-29-13-10-21(28-29)26(31)32/h3-10,12-13,15,24-25H,11,14H2,1-2H3,(H,31,32)/t24-,25-/m1/s1. The normalized spacial score (nSPS) is 17.3. The summed E-state index contributed by atoms with van der Waals surface area (Å²) >= 11 is 6.44. The van der Waals surface area contributed by atoms with Gasteiger partial charge in [0.25, 0.3) is 0 Å². The predicted molar refractivity (Wildman–Crippen MR) is 126 cm³/mol. The van der Waals surface area contributed by atoms with Crippen LogP contribution in [-0.4, -0.2) is 25.4 Å². The fourth-order valence-electron chi connectivity index (χ4n) is 4.50. The molecule has 1 aliphatic rings. The third-order valence-corrected chi connectivity index (χ3v) is 6.59. The summed E-state index contributed by atoms with van der Waals surface area (Å²) < 4.78 is 10.7. The first-order valence-electron chi connectivity index (χ1n) is 10.9. The number of rotatable bonds is 5. The molecule has 0 saturated heterocycles. The highest BCUT2D eigenvalue weighted by molar-refractivity contribution is 6.30. The van der Waals surface area contributed by atoms with Crippen LogP contribution in [0, 0.1) is 13.8 Å². The SMILES string of the molecule is Cc1cccc([C@H]2O[C@H](CCn3ccc(C(=O)O)n3)c3cccn3-c3ccc(Cl)cc32)c1C. The first-order valence-corrected chi connectivity index (χ1v) is 11.3. The molecule has 0 amide bonds. The molecular formula is C26H24ClN3O3. The van der Waals surface area contributed by atoms with Gasteiger partial charge in [-0.05, 0) is 73.4 Å². The van der Waals surface area contributed by atoms with Gasteiger partial charge in [-0.15, -0.1) is 0 Å². The number of aromatic carboxylic acids is 1. The molecule has 0 bridgehead atoms. The Morgan fingerprint density at radius 1 is 1.09 bits per heavy atom. The lowest BCUT2D eigenvalue weighted by atomic mass is 9.93. The van der Waals surface area contributed by atoms with E-state index in [1.165, 1.54) is 17.2 Å². The van der Waals surface area contributed by atoms with Gasteiger partial charge in [-0.1, -0.05) is 29.8 Å². The summed E-state index contributed by atoms with van der Waals surface area (Å²) in [4.78, 5) is 11.2. The Balaban J connectivity index is 1.57. The Labute approximate surface area is 197 Å². The third-order valence-electron chi connectivity index (χ3n) is 6.35. The van der Waals surface area contributed by atoms with Crippen LogP contribution in [0.5, 0.6) is 0 Å². The number of benzene rings is 2. The molecule has 3 heterocycles. The lowest BCUT2D eigenvalue weighted by Gasteiger charge is -2.25. The average molecular weight is 462 g/mol. The number of aromatic nitrogens is 3. The Morgan fingerprint density at radius 3 is 2.73 bits per heavy atom. The Kier molecular flexibility index (Phi) is 5.56. The van der Waals surface area contributed by atoms with Gasteiger partial charge in [0.1, 0.15) is 12.2 Å². The number of carboxylic acids is 1. The van der Waals surface area contributed by atoms with Crippen molar-refractivity contribution in [2.45, 2.75) is 39.0 Å². The van der Waals surface area contributed by atoms with E-state index in [0.29, 0.717) is 18.0 Å². The number of hydrogen-bond acceptors (Lipinski definition) is 3. The van der Waals surface area contributed by atoms with Crippen LogP contribution in [0.25, 0.3) is 5.69 Å². The van der Waals surface area contributed by atoms with E-state index in [2.05, 4.69) is 47.8 Å². The van der Waals surface area contributed by atoms with E-state index in [0.717, 1.165) is 22.5 Å². The second-order valence-corrected chi connectivity index (χ2v) is 8.79. The highest BCUT2D eigenvalue weighted by Crippen LogP contribution is 2.43. The molecule has 1 aliphatic heterocycles. The molecule has 0 radical (unpaired) electrons. The molecule has 2 aromatic carbocycles. The van der Waals surface area contributed by atoms with Gasteiger partial charge in [0.15, 0.2) is 5.69 Å². The second kappa shape index (κ2) is 8.54. The molecular weight excluding hydrogens is 438 g/mol. The fraction of sp³-hybridized carbons (Fsp3) is 0.231. The lowest BCUT2D eigenvalue weighted by Crippen LogP contribution is -2.14. The van der Waals surface area contributed by atoms with E-state index in [1.807, 2.05) is 30.5 Å². The third kappa shape index (κ3) is 3.96. The number of carbonyl (C=O) groups is 1. The van der Waals surface area contributed by atoms with Crippen molar-refractivity contribution in [3.63, 3.8) is 0 Å². The minimum Gasteiger partial charge on any atom is -0.476 e. The van der Waals surface area contributed by atoms with Gasteiger partial charge >= 0.3 is 5.97 Å². The Hall–Kier alpha value is -3.35. The maximum Gasteiger partial charge on any atom is 0.356 e. The molecule has 0 fully saturated rings. The van der Waals surface area contributed by atoms with Crippen molar-refractivity contribution in [1.82, 2.24) is 14.3 Å². The van der Waals surface area contributed by atoms with E-state index in [1.54, 1.807) is 10.9 Å². The lowest BCUT2D eigenvalue weighted by molar-refractivity contribution is -0.000881. The fourth-order valence-corrected chi connectivity index (χ4v) is 4.68. The number of aryl methyl sites for hydroxylation is 2. The minimum atomic E-state index is -1.03. The van der Waals surface area contributed by atoms with Crippen LogP contribution in [-0.2, 0) is 11.3 Å². The summed E-state index contributed by atoms with van der Waals surface area (Å²) in [6.07, 6.45) is 3.84. The van der Waals surface area contributed by atoms with Crippen molar-refractivity contribution in [3.8, 4) is 5.69 Å². The maximum absolute atomic E-state index is 11.2. The average Bonchev–Trinajstić information content (AvgIpc) is 3.44. The van der Waals surface area contributed by atoms with E-state index in [9.17, 15) is 9.90 Å². The zero-order valence-electron chi connectivity index (χ0n) is 18.4. The summed E-state index contributed by atoms with van der Waals surface area (Å²) in [7, 11) is 0. The second-order valence-electron chi connectivity index (χ2n) is 8.36. The van der Waals surface area contributed by atoms with Gasteiger partial charge in [0, 0.05) is 29.5 Å². The summed E-state index contributed by atoms with van der Waals surface area (Å²) in [5, 5.41) is 14.0. The Bertz CT molecular complexity index is 1340. The van der Waals surface area contributed by atoms with Crippen LogP contribution in [0.4, 0.5) is 0 Å². The monoisotopic (exact) mass is 461 g/mol. The van der Waals surface area contributed by atoms with Crippen molar-refractivity contribution in [1.29, 1.82) is 0 Å². The number of hydrogen-bond donors (Lipinski definition) is 1. The van der Waals surface area contributed by atoms with Gasteiger partial charge in [0.05, 0.1) is 11.4 Å². The molecule has 2 aromatic heterocycles. The largest absolute Gasteiger partial charge is 0.476 e. The summed E-state index contributed by atoms with van der Waals surface area (Å²) in [6, 6.07) is 17.8. The van der Waals surface area contributed by atoms with Crippen LogP contribution in [0.3, 0.4) is 0 Å². The number of carboxylic acid groups (broad SMARTS) is 1. The van der Waals surface area contributed by atoms with Crippen molar-refractivity contribution >= 4 is 17.6 Å². The molecule has 5 rings (SSSR count). The quantitative estimate of drug-likeness (QED) is 0.402. The Morgan fingerprint density at radius 2 is 1.94 bits per heavy atom. The van der Waals surface area contributed by atoms with E-state index in [4.69, 9.17) is 16.3 Å². The van der Waals surface area contributed by atoms with Crippen LogP contribution < -0.4 is 0 Å². The summed E-state index contributed by atoms with van der Waals surface area (Å²) in [6.45, 7) is 4.75. The maximum atomic E-state index is 11.2. The molecule has 0 aliphatic carbocycles. The van der Waals surface area contributed by atoms with Crippen LogP contribution in [0.2, 0.25) is 5.02 Å². The van der Waals surface area contributed by atoms with Gasteiger partial charge in [-0.25, -0.2) is 4.79 Å². The highest BCUT2D eigenvalue weighted by Gasteiger charge is 2.31. The van der Waals surface area contributed by atoms with Crippen molar-refractivity contribution in [2.24, 2.45) is 0 Å². The summed E-state index contributed by atoms with van der Waals surface area (Å²) in [5.41, 5.74) is 6.65. The van der Waals surface area contributed by atoms with Crippen molar-refractivity contribution in [2.75, 3.05) is 0 Å². The molecule has 168 valence electrons. The first kappa shape index (κ1) is 21.5. The predicted octanol–water partition coefficient (Wildman–Crippen LogP) is 5.89. The van der Waals surface area contributed by atoms with E-state index >= 15 is 0 Å². The number of ether oxygens (including phenoxy) is 1. The topological polar surface area (TPSA) is 69.3 Å².